The Hall–Kier alpha value is -1.61. The number of halogens is 3. The molecule has 1 aromatic carbocycles. The Bertz CT molecular complexity index is 598. The minimum Gasteiger partial charge on any atom is -0.299 e. The fourth-order valence-electron chi connectivity index (χ4n) is 1.56. The standard InChI is InChI=1S/C9H7F3N2O3S/c10-9(11,12)6-1-2-8-7(3-6)14(5-15)4-13-18(8,16)17/h1-3,5,13H,4H2. The molecule has 0 aliphatic carbocycles. The predicted octanol–water partition coefficient (Wildman–Crippen LogP) is 0.918. The van der Waals surface area contributed by atoms with E-state index in [9.17, 15) is 26.4 Å². The quantitative estimate of drug-likeness (QED) is 0.778. The van der Waals surface area contributed by atoms with Gasteiger partial charge in [-0.25, -0.2) is 8.42 Å². The lowest BCUT2D eigenvalue weighted by atomic mass is 10.2. The Kier molecular flexibility index (Phi) is 2.82. The van der Waals surface area contributed by atoms with Crippen LogP contribution in [0.4, 0.5) is 18.9 Å². The normalized spacial score (nSPS) is 18.3. The zero-order valence-electron chi connectivity index (χ0n) is 8.73. The first-order valence-corrected chi connectivity index (χ1v) is 6.17. The lowest BCUT2D eigenvalue weighted by molar-refractivity contribution is -0.137. The first kappa shape index (κ1) is 12.8. The van der Waals surface area contributed by atoms with Gasteiger partial charge in [0.05, 0.1) is 17.9 Å². The molecule has 1 aliphatic heterocycles. The number of nitrogens with zero attached hydrogens (tertiary/aromatic N) is 1. The van der Waals surface area contributed by atoms with E-state index in [0.717, 1.165) is 11.0 Å². The van der Waals surface area contributed by atoms with E-state index in [1.807, 2.05) is 0 Å². The maximum atomic E-state index is 12.5. The molecule has 0 bridgehead atoms. The highest BCUT2D eigenvalue weighted by Crippen LogP contribution is 2.35. The van der Waals surface area contributed by atoms with Crippen molar-refractivity contribution in [1.29, 1.82) is 0 Å². The van der Waals surface area contributed by atoms with E-state index in [2.05, 4.69) is 4.72 Å². The zero-order chi connectivity index (χ0) is 13.6. The summed E-state index contributed by atoms with van der Waals surface area (Å²) in [6.45, 7) is -0.389. The molecular weight excluding hydrogens is 273 g/mol. The molecule has 0 aromatic heterocycles. The number of anilines is 1. The maximum Gasteiger partial charge on any atom is 0.416 e. The Labute approximate surface area is 100 Å². The van der Waals surface area contributed by atoms with Crippen molar-refractivity contribution in [2.45, 2.75) is 11.1 Å². The molecule has 0 radical (unpaired) electrons. The lowest BCUT2D eigenvalue weighted by Crippen LogP contribution is -2.42. The van der Waals surface area contributed by atoms with Gasteiger partial charge in [0.1, 0.15) is 4.90 Å². The smallest absolute Gasteiger partial charge is 0.299 e. The van der Waals surface area contributed by atoms with Crippen molar-refractivity contribution in [1.82, 2.24) is 4.72 Å². The summed E-state index contributed by atoms with van der Waals surface area (Å²) in [4.78, 5) is 11.2. The maximum absolute atomic E-state index is 12.5. The molecule has 0 atom stereocenters. The minimum absolute atomic E-state index is 0.265. The van der Waals surface area contributed by atoms with Gasteiger partial charge >= 0.3 is 6.18 Å². The van der Waals surface area contributed by atoms with E-state index in [1.54, 1.807) is 0 Å². The van der Waals surface area contributed by atoms with E-state index in [4.69, 9.17) is 0 Å². The van der Waals surface area contributed by atoms with Crippen LogP contribution in [-0.2, 0) is 21.0 Å². The van der Waals surface area contributed by atoms with Gasteiger partial charge < -0.3 is 0 Å². The second kappa shape index (κ2) is 3.95. The fourth-order valence-corrected chi connectivity index (χ4v) is 2.72. The number of carbonyl (C=O) groups excluding carboxylic acids is 1. The van der Waals surface area contributed by atoms with Crippen LogP contribution in [0.3, 0.4) is 0 Å². The summed E-state index contributed by atoms with van der Waals surface area (Å²) in [5.74, 6) is 0. The van der Waals surface area contributed by atoms with Gasteiger partial charge in [0.15, 0.2) is 0 Å². The molecule has 0 saturated carbocycles. The molecule has 0 unspecified atom stereocenters. The van der Waals surface area contributed by atoms with Crippen LogP contribution in [0, 0.1) is 0 Å². The van der Waals surface area contributed by atoms with Gasteiger partial charge in [-0.1, -0.05) is 0 Å². The molecule has 1 N–H and O–H groups in total. The molecule has 1 amide bonds. The SMILES string of the molecule is O=CN1CNS(=O)(=O)c2ccc(C(F)(F)F)cc21. The molecule has 1 aliphatic rings. The summed E-state index contributed by atoms with van der Waals surface area (Å²) in [6.07, 6.45) is -4.33. The average molecular weight is 280 g/mol. The van der Waals surface area contributed by atoms with Crippen LogP contribution in [0.15, 0.2) is 23.1 Å². The molecule has 2 rings (SSSR count). The Balaban J connectivity index is 2.65. The first-order chi connectivity index (χ1) is 8.25. The summed E-state index contributed by atoms with van der Waals surface area (Å²) in [5.41, 5.74) is -1.29. The van der Waals surface area contributed by atoms with E-state index in [0.29, 0.717) is 12.1 Å². The first-order valence-electron chi connectivity index (χ1n) is 4.68. The summed E-state index contributed by atoms with van der Waals surface area (Å²) in [7, 11) is -3.87. The third kappa shape index (κ3) is 2.06. The summed E-state index contributed by atoms with van der Waals surface area (Å²) in [5, 5.41) is 0. The number of hydrogen-bond acceptors (Lipinski definition) is 3. The fraction of sp³-hybridized carbons (Fsp3) is 0.222. The molecule has 1 heterocycles. The molecule has 0 saturated heterocycles. The third-order valence-electron chi connectivity index (χ3n) is 2.44. The topological polar surface area (TPSA) is 66.5 Å². The molecule has 9 heteroatoms. The number of sulfonamides is 1. The second-order valence-corrected chi connectivity index (χ2v) is 5.30. The highest BCUT2D eigenvalue weighted by molar-refractivity contribution is 7.89. The van der Waals surface area contributed by atoms with Crippen LogP contribution in [0.5, 0.6) is 0 Å². The van der Waals surface area contributed by atoms with Crippen LogP contribution < -0.4 is 9.62 Å². The van der Waals surface area contributed by atoms with E-state index in [-0.39, 0.29) is 23.7 Å². The highest BCUT2D eigenvalue weighted by atomic mass is 32.2. The van der Waals surface area contributed by atoms with Crippen molar-refractivity contribution < 1.29 is 26.4 Å². The largest absolute Gasteiger partial charge is 0.416 e. The molecule has 98 valence electrons. The number of hydrogen-bond donors (Lipinski definition) is 1. The van der Waals surface area contributed by atoms with Crippen molar-refractivity contribution >= 4 is 22.1 Å². The van der Waals surface area contributed by atoms with Crippen molar-refractivity contribution in [3.63, 3.8) is 0 Å². The highest BCUT2D eigenvalue weighted by Gasteiger charge is 2.34. The Morgan fingerprint density at radius 1 is 1.33 bits per heavy atom. The molecular formula is C9H7F3N2O3S. The van der Waals surface area contributed by atoms with Crippen LogP contribution in [0.25, 0.3) is 0 Å². The van der Waals surface area contributed by atoms with Gasteiger partial charge in [0.2, 0.25) is 16.4 Å². The molecule has 1 aromatic rings. The predicted molar refractivity (Wildman–Crippen MR) is 55.2 cm³/mol. The van der Waals surface area contributed by atoms with Gasteiger partial charge in [-0.3, -0.25) is 9.69 Å². The van der Waals surface area contributed by atoms with Crippen LogP contribution >= 0.6 is 0 Å². The second-order valence-electron chi connectivity index (χ2n) is 3.56. The molecule has 5 nitrogen and oxygen atoms in total. The van der Waals surface area contributed by atoms with E-state index in [1.165, 1.54) is 0 Å². The van der Waals surface area contributed by atoms with Crippen molar-refractivity contribution in [3.8, 4) is 0 Å². The Morgan fingerprint density at radius 2 is 2.00 bits per heavy atom. The number of fused-ring (bicyclic) bond motifs is 1. The van der Waals surface area contributed by atoms with Gasteiger partial charge in [0, 0.05) is 0 Å². The number of carbonyl (C=O) groups is 1. The molecule has 18 heavy (non-hydrogen) atoms. The van der Waals surface area contributed by atoms with Gasteiger partial charge in [-0.2, -0.15) is 17.9 Å². The van der Waals surface area contributed by atoms with Crippen molar-refractivity contribution in [2.75, 3.05) is 11.6 Å². The van der Waals surface area contributed by atoms with Gasteiger partial charge in [-0.15, -0.1) is 0 Å². The minimum atomic E-state index is -4.60. The number of alkyl halides is 3. The number of benzene rings is 1. The van der Waals surface area contributed by atoms with Crippen molar-refractivity contribution in [3.05, 3.63) is 23.8 Å². The van der Waals surface area contributed by atoms with Crippen LogP contribution in [0.2, 0.25) is 0 Å². The van der Waals surface area contributed by atoms with Crippen LogP contribution in [0.1, 0.15) is 5.56 Å². The number of rotatable bonds is 1. The van der Waals surface area contributed by atoms with E-state index >= 15 is 0 Å². The average Bonchev–Trinajstić information content (AvgIpc) is 2.27. The van der Waals surface area contributed by atoms with Gasteiger partial charge in [0.25, 0.3) is 0 Å². The number of amides is 1. The van der Waals surface area contributed by atoms with Crippen molar-refractivity contribution in [2.24, 2.45) is 0 Å². The summed E-state index contributed by atoms with van der Waals surface area (Å²) >= 11 is 0. The Morgan fingerprint density at radius 3 is 2.56 bits per heavy atom. The summed E-state index contributed by atoms with van der Waals surface area (Å²) < 4.78 is 62.7. The zero-order valence-corrected chi connectivity index (χ0v) is 9.55. The monoisotopic (exact) mass is 280 g/mol. The van der Waals surface area contributed by atoms with Gasteiger partial charge in [-0.05, 0) is 18.2 Å². The number of nitrogens with one attached hydrogen (secondary N) is 1. The molecule has 0 spiro atoms. The van der Waals surface area contributed by atoms with Crippen LogP contribution in [-0.4, -0.2) is 21.5 Å². The molecule has 0 fully saturated rings. The lowest BCUT2D eigenvalue weighted by Gasteiger charge is -2.27. The summed E-state index contributed by atoms with van der Waals surface area (Å²) in [6, 6.07) is 2.13. The third-order valence-corrected chi connectivity index (χ3v) is 3.87. The van der Waals surface area contributed by atoms with E-state index < -0.39 is 21.8 Å².